The van der Waals surface area contributed by atoms with Gasteiger partial charge in [-0.2, -0.15) is 0 Å². The lowest BCUT2D eigenvalue weighted by Gasteiger charge is -2.27. The van der Waals surface area contributed by atoms with E-state index in [0.717, 1.165) is 19.3 Å². The lowest BCUT2D eigenvalue weighted by molar-refractivity contribution is -0.145. The van der Waals surface area contributed by atoms with E-state index in [1.165, 1.54) is 11.1 Å². The van der Waals surface area contributed by atoms with E-state index >= 15 is 0 Å². The molecule has 3 fully saturated rings. The van der Waals surface area contributed by atoms with Crippen LogP contribution in [0.25, 0.3) is 5.57 Å². The third-order valence-electron chi connectivity index (χ3n) is 7.83. The quantitative estimate of drug-likeness (QED) is 0.732. The standard InChI is InChI=1S/C27H26N2O4/c30-25(23-19-14-21-22(15-19)33-27(32)24(21)23)28-20-8-6-18(7-9-20)26(31)29-12-10-17(11-13-29)16-4-2-1-3-5-16/h1-10,19,21-24H,11-15H2,(H,28,30). The number of nitrogens with zero attached hydrogens (tertiary/aromatic N) is 1. The zero-order chi connectivity index (χ0) is 22.5. The van der Waals surface area contributed by atoms with Gasteiger partial charge in [0.25, 0.3) is 5.91 Å². The minimum absolute atomic E-state index is 0.0101. The van der Waals surface area contributed by atoms with Crippen LogP contribution in [0.3, 0.4) is 0 Å². The van der Waals surface area contributed by atoms with Crippen molar-refractivity contribution in [3.8, 4) is 0 Å². The molecule has 2 saturated carbocycles. The molecule has 2 heterocycles. The van der Waals surface area contributed by atoms with Gasteiger partial charge < -0.3 is 15.0 Å². The Bertz CT molecular complexity index is 1140. The van der Waals surface area contributed by atoms with Gasteiger partial charge in [0.05, 0.1) is 11.8 Å². The van der Waals surface area contributed by atoms with Crippen molar-refractivity contribution in [2.24, 2.45) is 23.7 Å². The first-order valence-electron chi connectivity index (χ1n) is 11.7. The minimum Gasteiger partial charge on any atom is -0.462 e. The van der Waals surface area contributed by atoms with Crippen molar-refractivity contribution in [1.29, 1.82) is 0 Å². The fraction of sp³-hybridized carbons (Fsp3) is 0.370. The SMILES string of the molecule is O=C(Nc1ccc(C(=O)N2CC=C(c3ccccc3)CC2)cc1)C1C2CC3OC(=O)C1C3C2. The Labute approximate surface area is 192 Å². The molecule has 33 heavy (non-hydrogen) atoms. The number of hydrogen-bond acceptors (Lipinski definition) is 4. The average Bonchev–Trinajstić information content (AvgIpc) is 3.48. The second-order valence-electron chi connectivity index (χ2n) is 9.59. The summed E-state index contributed by atoms with van der Waals surface area (Å²) in [5.74, 6) is -0.492. The van der Waals surface area contributed by atoms with Crippen LogP contribution >= 0.6 is 0 Å². The summed E-state index contributed by atoms with van der Waals surface area (Å²) in [6.45, 7) is 1.27. The number of esters is 1. The van der Waals surface area contributed by atoms with Crippen molar-refractivity contribution in [2.75, 3.05) is 18.4 Å². The number of hydrogen-bond donors (Lipinski definition) is 1. The Balaban J connectivity index is 1.09. The van der Waals surface area contributed by atoms with Crippen molar-refractivity contribution in [2.45, 2.75) is 25.4 Å². The molecule has 5 atom stereocenters. The molecule has 1 N–H and O–H groups in total. The number of carbonyl (C=O) groups is 3. The summed E-state index contributed by atoms with van der Waals surface area (Å²) in [5, 5.41) is 2.96. The van der Waals surface area contributed by atoms with E-state index in [4.69, 9.17) is 4.74 Å². The summed E-state index contributed by atoms with van der Waals surface area (Å²) in [6, 6.07) is 17.3. The summed E-state index contributed by atoms with van der Waals surface area (Å²) in [5.41, 5.74) is 3.73. The van der Waals surface area contributed by atoms with Gasteiger partial charge in [0, 0.05) is 30.3 Å². The van der Waals surface area contributed by atoms with Crippen molar-refractivity contribution >= 4 is 29.0 Å². The molecule has 2 aromatic rings. The van der Waals surface area contributed by atoms with Crippen LogP contribution in [0, 0.1) is 23.7 Å². The van der Waals surface area contributed by atoms with Crippen LogP contribution in [0.4, 0.5) is 5.69 Å². The minimum atomic E-state index is -0.304. The van der Waals surface area contributed by atoms with Gasteiger partial charge in [-0.3, -0.25) is 14.4 Å². The van der Waals surface area contributed by atoms with Crippen LogP contribution in [0.15, 0.2) is 60.7 Å². The maximum atomic E-state index is 13.0. The van der Waals surface area contributed by atoms with Crippen LogP contribution in [0.1, 0.15) is 35.2 Å². The van der Waals surface area contributed by atoms with E-state index < -0.39 is 0 Å². The molecule has 5 unspecified atom stereocenters. The Morgan fingerprint density at radius 2 is 1.79 bits per heavy atom. The van der Waals surface area contributed by atoms with Gasteiger partial charge in [0.2, 0.25) is 5.91 Å². The second kappa shape index (κ2) is 7.87. The molecule has 1 saturated heterocycles. The van der Waals surface area contributed by atoms with Gasteiger partial charge >= 0.3 is 5.97 Å². The fourth-order valence-electron chi connectivity index (χ4n) is 6.24. The van der Waals surface area contributed by atoms with Gasteiger partial charge in [-0.25, -0.2) is 0 Å². The molecule has 6 rings (SSSR count). The Hall–Kier alpha value is -3.41. The van der Waals surface area contributed by atoms with Gasteiger partial charge in [-0.15, -0.1) is 0 Å². The van der Waals surface area contributed by atoms with E-state index in [1.807, 2.05) is 23.1 Å². The highest BCUT2D eigenvalue weighted by Crippen LogP contribution is 2.57. The largest absolute Gasteiger partial charge is 0.462 e. The smallest absolute Gasteiger partial charge is 0.310 e. The highest BCUT2D eigenvalue weighted by Gasteiger charge is 2.63. The summed E-state index contributed by atoms with van der Waals surface area (Å²) in [7, 11) is 0. The van der Waals surface area contributed by atoms with E-state index in [2.05, 4.69) is 23.5 Å². The highest BCUT2D eigenvalue weighted by atomic mass is 16.6. The molecule has 2 bridgehead atoms. The molecule has 2 aromatic carbocycles. The number of ether oxygens (including phenoxy) is 1. The van der Waals surface area contributed by atoms with Gasteiger partial charge in [-0.05, 0) is 60.6 Å². The molecule has 6 heteroatoms. The molecule has 2 amide bonds. The summed E-state index contributed by atoms with van der Waals surface area (Å²) < 4.78 is 5.44. The number of rotatable bonds is 4. The highest BCUT2D eigenvalue weighted by molar-refractivity contribution is 5.98. The first kappa shape index (κ1) is 20.2. The monoisotopic (exact) mass is 442 g/mol. The van der Waals surface area contributed by atoms with Gasteiger partial charge in [-0.1, -0.05) is 36.4 Å². The van der Waals surface area contributed by atoms with Crippen molar-refractivity contribution in [3.05, 3.63) is 71.8 Å². The van der Waals surface area contributed by atoms with Crippen LogP contribution in [0.2, 0.25) is 0 Å². The van der Waals surface area contributed by atoms with Crippen molar-refractivity contribution < 1.29 is 19.1 Å². The number of anilines is 1. The topological polar surface area (TPSA) is 75.7 Å². The zero-order valence-electron chi connectivity index (χ0n) is 18.3. The third kappa shape index (κ3) is 3.45. The summed E-state index contributed by atoms with van der Waals surface area (Å²) in [6.07, 6.45) is 4.68. The maximum absolute atomic E-state index is 13.0. The Kier molecular flexibility index (Phi) is 4.82. The normalized spacial score (nSPS) is 29.6. The van der Waals surface area contributed by atoms with Crippen LogP contribution < -0.4 is 5.32 Å². The molecule has 168 valence electrons. The van der Waals surface area contributed by atoms with Crippen LogP contribution in [0.5, 0.6) is 0 Å². The number of amides is 2. The molecular weight excluding hydrogens is 416 g/mol. The molecule has 0 radical (unpaired) electrons. The first-order valence-corrected chi connectivity index (χ1v) is 11.7. The number of nitrogens with one attached hydrogen (secondary N) is 1. The van der Waals surface area contributed by atoms with Gasteiger partial charge in [0.15, 0.2) is 0 Å². The van der Waals surface area contributed by atoms with Crippen molar-refractivity contribution in [3.63, 3.8) is 0 Å². The van der Waals surface area contributed by atoms with Crippen molar-refractivity contribution in [1.82, 2.24) is 4.90 Å². The van der Waals surface area contributed by atoms with E-state index in [9.17, 15) is 14.4 Å². The molecule has 6 nitrogen and oxygen atoms in total. The lowest BCUT2D eigenvalue weighted by Crippen LogP contribution is -2.36. The molecule has 2 aliphatic carbocycles. The number of carbonyl (C=O) groups excluding carboxylic acids is 3. The lowest BCUT2D eigenvalue weighted by atomic mass is 9.79. The molecule has 0 spiro atoms. The molecular formula is C27H26N2O4. The fourth-order valence-corrected chi connectivity index (χ4v) is 6.24. The third-order valence-corrected chi connectivity index (χ3v) is 7.83. The Morgan fingerprint density at radius 1 is 1.00 bits per heavy atom. The summed E-state index contributed by atoms with van der Waals surface area (Å²) in [4.78, 5) is 39.9. The van der Waals surface area contributed by atoms with Crippen LogP contribution in [-0.2, 0) is 14.3 Å². The molecule has 4 aliphatic rings. The molecule has 2 aliphatic heterocycles. The van der Waals surface area contributed by atoms with Crippen LogP contribution in [-0.4, -0.2) is 41.9 Å². The van der Waals surface area contributed by atoms with E-state index in [1.54, 1.807) is 24.3 Å². The Morgan fingerprint density at radius 3 is 2.52 bits per heavy atom. The first-order chi connectivity index (χ1) is 16.1. The van der Waals surface area contributed by atoms with E-state index in [-0.39, 0.29) is 47.6 Å². The summed E-state index contributed by atoms with van der Waals surface area (Å²) >= 11 is 0. The zero-order valence-corrected chi connectivity index (χ0v) is 18.3. The predicted octanol–water partition coefficient (Wildman–Crippen LogP) is 3.75. The number of fused-ring (bicyclic) bond motifs is 1. The average molecular weight is 443 g/mol. The second-order valence-corrected chi connectivity index (χ2v) is 9.59. The number of benzene rings is 2. The maximum Gasteiger partial charge on any atom is 0.310 e. The van der Waals surface area contributed by atoms with E-state index in [0.29, 0.717) is 24.3 Å². The van der Waals surface area contributed by atoms with Gasteiger partial charge in [0.1, 0.15) is 6.10 Å². The predicted molar refractivity (Wildman–Crippen MR) is 123 cm³/mol. The molecule has 0 aromatic heterocycles.